The Morgan fingerprint density at radius 3 is 1.37 bits per heavy atom. The van der Waals surface area contributed by atoms with E-state index < -0.39 is 0 Å². The van der Waals surface area contributed by atoms with Crippen molar-refractivity contribution in [1.82, 2.24) is 9.80 Å². The van der Waals surface area contributed by atoms with Gasteiger partial charge in [0.2, 0.25) is 0 Å². The smallest absolute Gasteiger partial charge is 0.428 e. The Balaban J connectivity index is 0.000000429. The van der Waals surface area contributed by atoms with Gasteiger partial charge in [0, 0.05) is 13.1 Å². The van der Waals surface area contributed by atoms with Crippen LogP contribution < -0.4 is 0 Å². The van der Waals surface area contributed by atoms with Crippen molar-refractivity contribution in [3.05, 3.63) is 70.4 Å². The zero-order valence-corrected chi connectivity index (χ0v) is 22.8. The van der Waals surface area contributed by atoms with Crippen LogP contribution in [0.15, 0.2) is 61.6 Å². The summed E-state index contributed by atoms with van der Waals surface area (Å²) in [6.07, 6.45) is 0. The van der Waals surface area contributed by atoms with Gasteiger partial charge in [-0.2, -0.15) is 0 Å². The first kappa shape index (κ1) is 26.9. The predicted molar refractivity (Wildman–Crippen MR) is 126 cm³/mol. The van der Waals surface area contributed by atoms with E-state index in [0.717, 1.165) is 21.5 Å². The van der Waals surface area contributed by atoms with Crippen molar-refractivity contribution in [1.29, 1.82) is 0 Å². The van der Waals surface area contributed by atoms with Crippen LogP contribution in [0.25, 0.3) is 0 Å². The molecule has 0 aliphatic carbocycles. The van der Waals surface area contributed by atoms with Crippen molar-refractivity contribution in [2.45, 2.75) is 21.5 Å². The summed E-state index contributed by atoms with van der Waals surface area (Å²) < 4.78 is 1.94. The maximum Gasteiger partial charge on any atom is 2.00 e. The Kier molecular flexibility index (Phi) is 15.7. The van der Waals surface area contributed by atoms with Crippen LogP contribution in [-0.2, 0) is 38.3 Å². The number of hydrogen-bond acceptors (Lipinski definition) is 6. The average Bonchev–Trinajstić information content (AvgIpc) is 3.21. The number of thiophene rings is 2. The number of nitrogens with zero attached hydrogens (tertiary/aromatic N) is 2. The Morgan fingerprint density at radius 1 is 0.741 bits per heavy atom. The van der Waals surface area contributed by atoms with Crippen molar-refractivity contribution in [3.63, 3.8) is 0 Å². The third kappa shape index (κ3) is 14.5. The van der Waals surface area contributed by atoms with Gasteiger partial charge in [-0.1, -0.05) is 42.5 Å². The zero-order chi connectivity index (χ0) is 19.4. The molecule has 3 rings (SSSR count). The second-order valence-corrected chi connectivity index (χ2v) is 9.33. The summed E-state index contributed by atoms with van der Waals surface area (Å²) in [5.41, 5.74) is 2.52. The summed E-state index contributed by atoms with van der Waals surface area (Å²) >= 11 is 12.7. The second kappa shape index (κ2) is 15.7. The average molecular weight is 631 g/mol. The fourth-order valence-corrected chi connectivity index (χ4v) is 3.35. The fourth-order valence-electron chi connectivity index (χ4n) is 1.96. The Labute approximate surface area is 202 Å². The first-order chi connectivity index (χ1) is 12.4. The molecule has 4 radical (unpaired) electrons. The molecule has 0 unspecified atom stereocenters. The molecule has 0 spiro atoms. The summed E-state index contributed by atoms with van der Waals surface area (Å²) in [5.74, 6) is 0. The van der Waals surface area contributed by atoms with E-state index in [1.165, 1.54) is 11.1 Å². The van der Waals surface area contributed by atoms with E-state index in [2.05, 4.69) is 62.3 Å². The third-order valence-corrected chi connectivity index (χ3v) is 5.05. The van der Waals surface area contributed by atoms with E-state index >= 15 is 0 Å². The topological polar surface area (TPSA) is 6.48 Å². The summed E-state index contributed by atoms with van der Waals surface area (Å²) in [5, 5.41) is 3.95. The molecular formula is C20H25BiN2S4. The van der Waals surface area contributed by atoms with Crippen LogP contribution in [-0.4, -0.2) is 64.2 Å². The van der Waals surface area contributed by atoms with E-state index in [9.17, 15) is 0 Å². The number of hydrogen-bond donors (Lipinski definition) is 0. The molecule has 2 aromatic heterocycles. The molecule has 0 fully saturated rings. The first-order valence-corrected chi connectivity index (χ1v) is 10.6. The standard InChI is InChI=1S/C12H19N2.2C4H4S2.Bi/c1-13(2)9-11-6-5-7-12(8-11)10-14(3)4;2*5-4-2-1-3-6-4;/h5-7H,9-10H2,1-4H3;2*1-3,5H;/q;;;+2/p-2. The SMILES string of the molecule is CN(C)Cc1[c]c(CN(C)C)ccc1.[Bi+2].[S-]c1cccs1.[S-]c1cccs1. The van der Waals surface area contributed by atoms with Gasteiger partial charge in [-0.25, -0.2) is 0 Å². The van der Waals surface area contributed by atoms with Crippen molar-refractivity contribution < 1.29 is 0 Å². The molecule has 7 heteroatoms. The Bertz CT molecular complexity index is 641. The molecule has 0 N–H and O–H groups in total. The molecule has 3 aromatic rings. The molecule has 0 aliphatic heterocycles. The molecule has 1 aromatic carbocycles. The van der Waals surface area contributed by atoms with Gasteiger partial charge in [0.1, 0.15) is 0 Å². The molecule has 0 atom stereocenters. The van der Waals surface area contributed by atoms with Crippen LogP contribution in [0.1, 0.15) is 11.1 Å². The number of benzene rings is 1. The van der Waals surface area contributed by atoms with Gasteiger partial charge in [0.15, 0.2) is 0 Å². The minimum absolute atomic E-state index is 0. The van der Waals surface area contributed by atoms with Gasteiger partial charge in [0.05, 0.1) is 0 Å². The normalized spacial score (nSPS) is 9.70. The molecule has 0 saturated carbocycles. The van der Waals surface area contributed by atoms with E-state index in [-0.39, 0.29) is 26.2 Å². The van der Waals surface area contributed by atoms with Gasteiger partial charge in [-0.3, -0.25) is 0 Å². The van der Waals surface area contributed by atoms with Gasteiger partial charge in [0.25, 0.3) is 0 Å². The van der Waals surface area contributed by atoms with Crippen LogP contribution in [0, 0.1) is 6.07 Å². The van der Waals surface area contributed by atoms with Gasteiger partial charge in [-0.05, 0) is 45.4 Å². The Hall–Kier alpha value is -0.137. The molecule has 0 bridgehead atoms. The molecule has 27 heavy (non-hydrogen) atoms. The van der Waals surface area contributed by atoms with Gasteiger partial charge in [-0.15, -0.1) is 19.2 Å². The van der Waals surface area contributed by atoms with Crippen molar-refractivity contribution >= 4 is 74.1 Å². The molecule has 2 nitrogen and oxygen atoms in total. The second-order valence-electron chi connectivity index (χ2n) is 6.04. The molecular weight excluding hydrogens is 605 g/mol. The van der Waals surface area contributed by atoms with E-state index in [1.54, 1.807) is 22.7 Å². The minimum Gasteiger partial charge on any atom is -0.428 e. The molecule has 2 heterocycles. The summed E-state index contributed by atoms with van der Waals surface area (Å²) in [7, 11) is 8.30. The van der Waals surface area contributed by atoms with Crippen LogP contribution in [0.3, 0.4) is 0 Å². The summed E-state index contributed by atoms with van der Waals surface area (Å²) in [4.78, 5) is 4.32. The maximum absolute atomic E-state index is 4.76. The van der Waals surface area contributed by atoms with E-state index in [1.807, 2.05) is 35.0 Å². The monoisotopic (exact) mass is 630 g/mol. The molecule has 144 valence electrons. The quantitative estimate of drug-likeness (QED) is 0.309. The largest absolute Gasteiger partial charge is 2.00 e. The van der Waals surface area contributed by atoms with Crippen LogP contribution >= 0.6 is 22.7 Å². The molecule has 0 saturated heterocycles. The maximum atomic E-state index is 4.76. The first-order valence-electron chi connectivity index (χ1n) is 8.07. The van der Waals surface area contributed by atoms with Gasteiger partial charge < -0.3 is 57.7 Å². The zero-order valence-electron chi connectivity index (χ0n) is 16.1. The predicted octanol–water partition coefficient (Wildman–Crippen LogP) is 4.54. The summed E-state index contributed by atoms with van der Waals surface area (Å²) in [6.45, 7) is 1.92. The number of rotatable bonds is 4. The van der Waals surface area contributed by atoms with E-state index in [0.29, 0.717) is 0 Å². The van der Waals surface area contributed by atoms with Gasteiger partial charge >= 0.3 is 26.2 Å². The van der Waals surface area contributed by atoms with Crippen LogP contribution in [0.2, 0.25) is 0 Å². The van der Waals surface area contributed by atoms with Crippen LogP contribution in [0.5, 0.6) is 0 Å². The summed E-state index contributed by atoms with van der Waals surface area (Å²) in [6, 6.07) is 17.5. The van der Waals surface area contributed by atoms with Crippen molar-refractivity contribution in [3.8, 4) is 0 Å². The van der Waals surface area contributed by atoms with Crippen molar-refractivity contribution in [2.24, 2.45) is 0 Å². The Morgan fingerprint density at radius 2 is 1.15 bits per heavy atom. The van der Waals surface area contributed by atoms with Crippen LogP contribution in [0.4, 0.5) is 0 Å². The van der Waals surface area contributed by atoms with Crippen molar-refractivity contribution in [2.75, 3.05) is 28.2 Å². The molecule has 0 aliphatic rings. The fraction of sp³-hybridized carbons (Fsp3) is 0.300. The minimum atomic E-state index is 0. The molecule has 0 amide bonds. The third-order valence-electron chi connectivity index (χ3n) is 2.88. The van der Waals surface area contributed by atoms with E-state index in [4.69, 9.17) is 25.3 Å².